The van der Waals surface area contributed by atoms with Crippen molar-refractivity contribution in [2.75, 3.05) is 12.4 Å². The predicted octanol–water partition coefficient (Wildman–Crippen LogP) is 2.77. The highest BCUT2D eigenvalue weighted by Gasteiger charge is 2.10. The third-order valence-corrected chi connectivity index (χ3v) is 2.43. The van der Waals surface area contributed by atoms with E-state index in [2.05, 4.69) is 15.3 Å². The summed E-state index contributed by atoms with van der Waals surface area (Å²) in [6.07, 6.45) is 0. The molecule has 0 saturated carbocycles. The number of halogens is 2. The average molecular weight is 226 g/mol. The minimum Gasteiger partial charge on any atom is -0.372 e. The van der Waals surface area contributed by atoms with E-state index in [1.165, 1.54) is 6.07 Å². The second kappa shape index (κ2) is 3.62. The van der Waals surface area contributed by atoms with E-state index < -0.39 is 0 Å². The SMILES string of the molecule is CNc1nc(Cl)nc2c(C)c(F)ccc12. The van der Waals surface area contributed by atoms with Gasteiger partial charge in [-0.05, 0) is 30.7 Å². The third-order valence-electron chi connectivity index (χ3n) is 2.26. The molecule has 0 aliphatic rings. The molecule has 0 fully saturated rings. The molecule has 0 atom stereocenters. The summed E-state index contributed by atoms with van der Waals surface area (Å²) in [6, 6.07) is 3.04. The van der Waals surface area contributed by atoms with E-state index in [-0.39, 0.29) is 11.1 Å². The monoisotopic (exact) mass is 225 g/mol. The lowest BCUT2D eigenvalue weighted by atomic mass is 10.1. The molecular formula is C10H9ClFN3. The Balaban J connectivity index is 2.89. The number of fused-ring (bicyclic) bond motifs is 1. The highest BCUT2D eigenvalue weighted by Crippen LogP contribution is 2.25. The summed E-state index contributed by atoms with van der Waals surface area (Å²) in [5.41, 5.74) is 1.02. The smallest absolute Gasteiger partial charge is 0.224 e. The summed E-state index contributed by atoms with van der Waals surface area (Å²) in [5, 5.41) is 3.78. The van der Waals surface area contributed by atoms with Gasteiger partial charge >= 0.3 is 0 Å². The molecule has 0 unspecified atom stereocenters. The quantitative estimate of drug-likeness (QED) is 0.759. The topological polar surface area (TPSA) is 37.8 Å². The molecular weight excluding hydrogens is 217 g/mol. The van der Waals surface area contributed by atoms with Crippen molar-refractivity contribution >= 4 is 28.3 Å². The van der Waals surface area contributed by atoms with Gasteiger partial charge in [0.1, 0.15) is 11.6 Å². The van der Waals surface area contributed by atoms with Gasteiger partial charge in [-0.3, -0.25) is 0 Å². The normalized spacial score (nSPS) is 10.7. The number of aromatic nitrogens is 2. The maximum atomic E-state index is 13.3. The van der Waals surface area contributed by atoms with Gasteiger partial charge < -0.3 is 5.32 Å². The number of aryl methyl sites for hydroxylation is 1. The fourth-order valence-corrected chi connectivity index (χ4v) is 1.64. The van der Waals surface area contributed by atoms with E-state index >= 15 is 0 Å². The highest BCUT2D eigenvalue weighted by atomic mass is 35.5. The minimum atomic E-state index is -0.292. The number of nitrogens with zero attached hydrogens (tertiary/aromatic N) is 2. The first-order chi connectivity index (χ1) is 7.13. The molecule has 0 aliphatic heterocycles. The summed E-state index contributed by atoms with van der Waals surface area (Å²) in [4.78, 5) is 8.03. The summed E-state index contributed by atoms with van der Waals surface area (Å²) < 4.78 is 13.3. The first-order valence-corrected chi connectivity index (χ1v) is 4.81. The van der Waals surface area contributed by atoms with Gasteiger partial charge in [0.05, 0.1) is 5.52 Å². The second-order valence-corrected chi connectivity index (χ2v) is 3.50. The van der Waals surface area contributed by atoms with Crippen LogP contribution in [0.5, 0.6) is 0 Å². The lowest BCUT2D eigenvalue weighted by molar-refractivity contribution is 0.620. The van der Waals surface area contributed by atoms with Crippen LogP contribution < -0.4 is 5.32 Å². The van der Waals surface area contributed by atoms with Gasteiger partial charge in [0, 0.05) is 18.0 Å². The van der Waals surface area contributed by atoms with Crippen LogP contribution in [0.3, 0.4) is 0 Å². The van der Waals surface area contributed by atoms with Crippen LogP contribution in [-0.4, -0.2) is 17.0 Å². The molecule has 0 radical (unpaired) electrons. The summed E-state index contributed by atoms with van der Waals surface area (Å²) >= 11 is 5.74. The van der Waals surface area contributed by atoms with Crippen LogP contribution in [0, 0.1) is 12.7 Å². The van der Waals surface area contributed by atoms with Crippen LogP contribution >= 0.6 is 11.6 Å². The van der Waals surface area contributed by atoms with Crippen molar-refractivity contribution < 1.29 is 4.39 Å². The van der Waals surface area contributed by atoms with Gasteiger partial charge in [-0.1, -0.05) is 0 Å². The van der Waals surface area contributed by atoms with E-state index in [9.17, 15) is 4.39 Å². The van der Waals surface area contributed by atoms with Crippen LogP contribution in [0.15, 0.2) is 12.1 Å². The average Bonchev–Trinajstić information content (AvgIpc) is 2.23. The largest absolute Gasteiger partial charge is 0.372 e. The Kier molecular flexibility index (Phi) is 2.44. The molecule has 1 heterocycles. The van der Waals surface area contributed by atoms with E-state index in [1.54, 1.807) is 20.0 Å². The number of hydrogen-bond donors (Lipinski definition) is 1. The fourth-order valence-electron chi connectivity index (χ4n) is 1.47. The van der Waals surface area contributed by atoms with E-state index in [4.69, 9.17) is 11.6 Å². The molecule has 2 rings (SSSR count). The van der Waals surface area contributed by atoms with E-state index in [0.717, 1.165) is 5.39 Å². The molecule has 0 bridgehead atoms. The lowest BCUT2D eigenvalue weighted by Crippen LogP contribution is -1.98. The Hall–Kier alpha value is -1.42. The third kappa shape index (κ3) is 1.61. The first kappa shape index (κ1) is 10.1. The first-order valence-electron chi connectivity index (χ1n) is 4.43. The highest BCUT2D eigenvalue weighted by molar-refractivity contribution is 6.28. The second-order valence-electron chi connectivity index (χ2n) is 3.16. The molecule has 0 saturated heterocycles. The zero-order chi connectivity index (χ0) is 11.0. The van der Waals surface area contributed by atoms with Crippen molar-refractivity contribution in [1.29, 1.82) is 0 Å². The molecule has 1 aromatic carbocycles. The van der Waals surface area contributed by atoms with Crippen molar-refractivity contribution in [3.8, 4) is 0 Å². The molecule has 2 aromatic rings. The summed E-state index contributed by atoms with van der Waals surface area (Å²) in [6.45, 7) is 1.67. The molecule has 3 nitrogen and oxygen atoms in total. The molecule has 78 valence electrons. The van der Waals surface area contributed by atoms with Gasteiger partial charge in [0.25, 0.3) is 0 Å². The zero-order valence-corrected chi connectivity index (χ0v) is 9.06. The molecule has 1 N–H and O–H groups in total. The van der Waals surface area contributed by atoms with Crippen LogP contribution in [-0.2, 0) is 0 Å². The Morgan fingerprint density at radius 2 is 2.07 bits per heavy atom. The van der Waals surface area contributed by atoms with Crippen LogP contribution in [0.2, 0.25) is 5.28 Å². The van der Waals surface area contributed by atoms with Crippen molar-refractivity contribution in [2.45, 2.75) is 6.92 Å². The molecule has 0 amide bonds. The van der Waals surface area contributed by atoms with E-state index in [0.29, 0.717) is 16.9 Å². The maximum absolute atomic E-state index is 13.3. The fraction of sp³-hybridized carbons (Fsp3) is 0.200. The van der Waals surface area contributed by atoms with Crippen molar-refractivity contribution in [3.05, 3.63) is 28.8 Å². The van der Waals surface area contributed by atoms with Gasteiger partial charge in [-0.25, -0.2) is 14.4 Å². The number of nitrogens with one attached hydrogen (secondary N) is 1. The molecule has 5 heteroatoms. The Morgan fingerprint density at radius 3 is 2.73 bits per heavy atom. The maximum Gasteiger partial charge on any atom is 0.224 e. The Labute approximate surface area is 91.3 Å². The predicted molar refractivity (Wildman–Crippen MR) is 58.8 cm³/mol. The van der Waals surface area contributed by atoms with Crippen LogP contribution in [0.1, 0.15) is 5.56 Å². The van der Waals surface area contributed by atoms with Crippen molar-refractivity contribution in [1.82, 2.24) is 9.97 Å². The summed E-state index contributed by atoms with van der Waals surface area (Å²) in [7, 11) is 1.73. The van der Waals surface area contributed by atoms with Gasteiger partial charge in [-0.2, -0.15) is 0 Å². The standard InChI is InChI=1S/C10H9ClFN3/c1-5-7(12)4-3-6-8(5)14-10(11)15-9(6)13-2/h3-4H,1-2H3,(H,13,14,15). The van der Waals surface area contributed by atoms with Gasteiger partial charge in [-0.15, -0.1) is 0 Å². The van der Waals surface area contributed by atoms with Gasteiger partial charge in [0.2, 0.25) is 5.28 Å². The molecule has 1 aromatic heterocycles. The van der Waals surface area contributed by atoms with Crippen molar-refractivity contribution in [2.24, 2.45) is 0 Å². The molecule has 0 aliphatic carbocycles. The summed E-state index contributed by atoms with van der Waals surface area (Å²) in [5.74, 6) is 0.312. The van der Waals surface area contributed by atoms with Crippen LogP contribution in [0.4, 0.5) is 10.2 Å². The number of benzene rings is 1. The number of anilines is 1. The Bertz CT molecular complexity index is 528. The van der Waals surface area contributed by atoms with Gasteiger partial charge in [0.15, 0.2) is 0 Å². The molecule has 0 spiro atoms. The lowest BCUT2D eigenvalue weighted by Gasteiger charge is -2.07. The number of rotatable bonds is 1. The number of hydrogen-bond acceptors (Lipinski definition) is 3. The molecule has 15 heavy (non-hydrogen) atoms. The van der Waals surface area contributed by atoms with Crippen LogP contribution in [0.25, 0.3) is 10.9 Å². The van der Waals surface area contributed by atoms with E-state index in [1.807, 2.05) is 0 Å². The van der Waals surface area contributed by atoms with Crippen molar-refractivity contribution in [3.63, 3.8) is 0 Å². The Morgan fingerprint density at radius 1 is 1.33 bits per heavy atom. The minimum absolute atomic E-state index is 0.112. The zero-order valence-electron chi connectivity index (χ0n) is 8.31.